The average Bonchev–Trinajstić information content (AvgIpc) is 3.19. The molecule has 1 aliphatic heterocycles. The van der Waals surface area contributed by atoms with E-state index in [0.717, 1.165) is 59.5 Å². The van der Waals surface area contributed by atoms with E-state index in [4.69, 9.17) is 4.74 Å². The Morgan fingerprint density at radius 1 is 0.969 bits per heavy atom. The molecule has 1 amide bonds. The summed E-state index contributed by atoms with van der Waals surface area (Å²) in [7, 11) is 1.68. The summed E-state index contributed by atoms with van der Waals surface area (Å²) in [6.07, 6.45) is 2.03. The third-order valence-electron chi connectivity index (χ3n) is 6.21. The van der Waals surface area contributed by atoms with Crippen LogP contribution in [0.15, 0.2) is 66.7 Å². The summed E-state index contributed by atoms with van der Waals surface area (Å²) in [5, 5.41) is 8.96. The van der Waals surface area contributed by atoms with Gasteiger partial charge in [-0.25, -0.2) is 0 Å². The maximum absolute atomic E-state index is 12.7. The van der Waals surface area contributed by atoms with Crippen molar-refractivity contribution in [2.24, 2.45) is 0 Å². The minimum Gasteiger partial charge on any atom is -0.497 e. The van der Waals surface area contributed by atoms with Gasteiger partial charge in [-0.2, -0.15) is 0 Å². The third kappa shape index (κ3) is 4.41. The van der Waals surface area contributed by atoms with Crippen LogP contribution >= 0.6 is 0 Å². The van der Waals surface area contributed by atoms with Gasteiger partial charge in [0.1, 0.15) is 5.75 Å². The number of rotatable bonds is 6. The molecule has 3 aromatic carbocycles. The van der Waals surface area contributed by atoms with E-state index in [1.54, 1.807) is 7.11 Å². The average molecular weight is 429 g/mol. The molecule has 2 heterocycles. The van der Waals surface area contributed by atoms with Gasteiger partial charge in [-0.05, 0) is 61.4 Å². The summed E-state index contributed by atoms with van der Waals surface area (Å²) < 4.78 is 5.21. The second-order valence-corrected chi connectivity index (χ2v) is 8.40. The van der Waals surface area contributed by atoms with Crippen LogP contribution in [0.5, 0.6) is 5.75 Å². The van der Waals surface area contributed by atoms with E-state index in [2.05, 4.69) is 38.7 Å². The van der Waals surface area contributed by atoms with Gasteiger partial charge >= 0.3 is 0 Å². The Morgan fingerprint density at radius 2 is 1.69 bits per heavy atom. The Hall–Kier alpha value is -3.51. The lowest BCUT2D eigenvalue weighted by molar-refractivity contribution is -0.117. The molecule has 6 nitrogen and oxygen atoms in total. The maximum Gasteiger partial charge on any atom is 0.238 e. The summed E-state index contributed by atoms with van der Waals surface area (Å²) in [4.78, 5) is 18.3. The molecule has 1 aliphatic rings. The molecule has 6 heteroatoms. The Morgan fingerprint density at radius 3 is 2.47 bits per heavy atom. The van der Waals surface area contributed by atoms with E-state index >= 15 is 0 Å². The van der Waals surface area contributed by atoms with Crippen molar-refractivity contribution in [1.29, 1.82) is 0 Å². The molecule has 5 rings (SSSR count). The van der Waals surface area contributed by atoms with Crippen molar-refractivity contribution in [2.45, 2.75) is 18.9 Å². The highest BCUT2D eigenvalue weighted by atomic mass is 16.5. The summed E-state index contributed by atoms with van der Waals surface area (Å²) in [6.45, 7) is 2.23. The van der Waals surface area contributed by atoms with E-state index in [1.165, 1.54) is 5.39 Å². The number of amides is 1. The predicted molar refractivity (Wildman–Crippen MR) is 131 cm³/mol. The van der Waals surface area contributed by atoms with Crippen LogP contribution in [-0.4, -0.2) is 48.6 Å². The zero-order valence-electron chi connectivity index (χ0n) is 18.2. The summed E-state index contributed by atoms with van der Waals surface area (Å²) in [5.41, 5.74) is 4.13. The first-order valence-electron chi connectivity index (χ1n) is 11.1. The number of aromatic nitrogens is 1. The molecule has 1 saturated heterocycles. The van der Waals surface area contributed by atoms with Crippen molar-refractivity contribution >= 4 is 39.1 Å². The minimum absolute atomic E-state index is 0.0331. The summed E-state index contributed by atoms with van der Waals surface area (Å²) in [6, 6.07) is 22.7. The van der Waals surface area contributed by atoms with Gasteiger partial charge in [-0.15, -0.1) is 0 Å². The zero-order valence-corrected chi connectivity index (χ0v) is 18.2. The molecule has 0 atom stereocenters. The van der Waals surface area contributed by atoms with Crippen molar-refractivity contribution in [2.75, 3.05) is 37.4 Å². The van der Waals surface area contributed by atoms with Crippen LogP contribution in [0.25, 0.3) is 21.8 Å². The molecule has 4 aromatic rings. The number of fused-ring (bicyclic) bond motifs is 3. The number of piperidine rings is 1. The molecule has 1 fully saturated rings. The van der Waals surface area contributed by atoms with Crippen LogP contribution in [0.2, 0.25) is 0 Å². The normalized spacial score (nSPS) is 15.2. The number of nitrogens with one attached hydrogen (secondary N) is 3. The van der Waals surface area contributed by atoms with Crippen LogP contribution in [0, 0.1) is 0 Å². The fourth-order valence-corrected chi connectivity index (χ4v) is 4.49. The van der Waals surface area contributed by atoms with Crippen molar-refractivity contribution < 1.29 is 9.53 Å². The number of anilines is 2. The highest BCUT2D eigenvalue weighted by Crippen LogP contribution is 2.27. The van der Waals surface area contributed by atoms with Gasteiger partial charge in [0.15, 0.2) is 0 Å². The first kappa shape index (κ1) is 20.4. The van der Waals surface area contributed by atoms with Crippen molar-refractivity contribution in [3.8, 4) is 5.75 Å². The fraction of sp³-hybridized carbons (Fsp3) is 0.269. The van der Waals surface area contributed by atoms with E-state index < -0.39 is 0 Å². The van der Waals surface area contributed by atoms with Crippen molar-refractivity contribution in [3.63, 3.8) is 0 Å². The van der Waals surface area contributed by atoms with E-state index in [9.17, 15) is 4.79 Å². The number of carbonyl (C=O) groups excluding carboxylic acids is 1. The number of nitrogens with zero attached hydrogens (tertiary/aromatic N) is 1. The molecule has 0 aliphatic carbocycles. The van der Waals surface area contributed by atoms with Gasteiger partial charge in [0.2, 0.25) is 5.91 Å². The molecule has 0 saturated carbocycles. The Balaban J connectivity index is 1.14. The molecule has 32 heavy (non-hydrogen) atoms. The Bertz CT molecular complexity index is 1220. The monoisotopic (exact) mass is 428 g/mol. The quantitative estimate of drug-likeness (QED) is 0.411. The predicted octanol–water partition coefficient (Wildman–Crippen LogP) is 4.84. The lowest BCUT2D eigenvalue weighted by Gasteiger charge is -2.32. The molecule has 3 N–H and O–H groups in total. The van der Waals surface area contributed by atoms with Gasteiger partial charge in [0.25, 0.3) is 0 Å². The van der Waals surface area contributed by atoms with E-state index in [0.29, 0.717) is 12.6 Å². The number of H-pyrrole nitrogens is 1. The van der Waals surface area contributed by atoms with Gasteiger partial charge in [0.05, 0.1) is 13.7 Å². The largest absolute Gasteiger partial charge is 0.497 e. The van der Waals surface area contributed by atoms with E-state index in [1.807, 2.05) is 48.5 Å². The molecule has 0 bridgehead atoms. The molecule has 0 unspecified atom stereocenters. The van der Waals surface area contributed by atoms with E-state index in [-0.39, 0.29) is 5.91 Å². The smallest absolute Gasteiger partial charge is 0.238 e. The van der Waals surface area contributed by atoms with Crippen LogP contribution in [-0.2, 0) is 4.79 Å². The number of aromatic amines is 1. The highest BCUT2D eigenvalue weighted by Gasteiger charge is 2.21. The first-order valence-corrected chi connectivity index (χ1v) is 11.1. The van der Waals surface area contributed by atoms with Gasteiger partial charge in [-0.1, -0.05) is 18.2 Å². The molecule has 0 radical (unpaired) electrons. The summed E-state index contributed by atoms with van der Waals surface area (Å²) >= 11 is 0. The number of likely N-dealkylation sites (tertiary alicyclic amines) is 1. The Labute approximate surface area is 187 Å². The molecule has 164 valence electrons. The molecule has 1 aromatic heterocycles. The lowest BCUT2D eigenvalue weighted by Crippen LogP contribution is -2.42. The third-order valence-corrected chi connectivity index (χ3v) is 6.21. The SMILES string of the molecule is COc1ccc(NC2CCN(CC(=O)Nc3ccc4[nH]c5ccccc5c4c3)CC2)cc1. The topological polar surface area (TPSA) is 69.4 Å². The van der Waals surface area contributed by atoms with Crippen molar-refractivity contribution in [3.05, 3.63) is 66.7 Å². The number of para-hydroxylation sites is 1. The zero-order chi connectivity index (χ0) is 21.9. The highest BCUT2D eigenvalue weighted by molar-refractivity contribution is 6.09. The molecular weight excluding hydrogens is 400 g/mol. The maximum atomic E-state index is 12.7. The second-order valence-electron chi connectivity index (χ2n) is 8.40. The second kappa shape index (κ2) is 8.93. The Kier molecular flexibility index (Phi) is 5.69. The minimum atomic E-state index is 0.0331. The fourth-order valence-electron chi connectivity index (χ4n) is 4.49. The summed E-state index contributed by atoms with van der Waals surface area (Å²) in [5.74, 6) is 0.894. The number of benzene rings is 3. The molecule has 0 spiro atoms. The number of hydrogen-bond donors (Lipinski definition) is 3. The van der Waals surface area contributed by atoms with Crippen molar-refractivity contribution in [1.82, 2.24) is 9.88 Å². The lowest BCUT2D eigenvalue weighted by atomic mass is 10.0. The standard InChI is InChI=1S/C26H28N4O2/c1-32-21-9-6-18(7-10-21)27-19-12-14-30(15-13-19)17-26(31)28-20-8-11-25-23(16-20)22-4-2-3-5-24(22)29-25/h2-11,16,19,27,29H,12-15,17H2,1H3,(H,28,31). The molecular formula is C26H28N4O2. The number of ether oxygens (including phenoxy) is 1. The van der Waals surface area contributed by atoms with Crippen LogP contribution < -0.4 is 15.4 Å². The number of hydrogen-bond acceptors (Lipinski definition) is 4. The van der Waals surface area contributed by atoms with Crippen LogP contribution in [0.3, 0.4) is 0 Å². The number of methoxy groups -OCH3 is 1. The van der Waals surface area contributed by atoms with Gasteiger partial charge < -0.3 is 20.4 Å². The van der Waals surface area contributed by atoms with Gasteiger partial charge in [0, 0.05) is 52.3 Å². The first-order chi connectivity index (χ1) is 15.7. The number of carbonyl (C=O) groups is 1. The van der Waals surface area contributed by atoms with Crippen LogP contribution in [0.4, 0.5) is 11.4 Å². The van der Waals surface area contributed by atoms with Crippen LogP contribution in [0.1, 0.15) is 12.8 Å². The van der Waals surface area contributed by atoms with Gasteiger partial charge in [-0.3, -0.25) is 9.69 Å².